The molecular weight excluding hydrogens is 340 g/mol. The smallest absolute Gasteiger partial charge is 0.118 e. The van der Waals surface area contributed by atoms with Crippen molar-refractivity contribution in [3.05, 3.63) is 136 Å². The maximum Gasteiger partial charge on any atom is 0.118 e. The Balaban J connectivity index is 2.01. The fourth-order valence-corrected chi connectivity index (χ4v) is 3.42. The predicted molar refractivity (Wildman–Crippen MR) is 117 cm³/mol. The Bertz CT molecular complexity index is 1120. The second-order valence-corrected chi connectivity index (χ2v) is 6.61. The van der Waals surface area contributed by atoms with E-state index >= 15 is 0 Å². The summed E-state index contributed by atoms with van der Waals surface area (Å²) in [6.45, 7) is 0. The first-order valence-electron chi connectivity index (χ1n) is 9.41. The average molecular weight is 362 g/mol. The highest BCUT2D eigenvalue weighted by molar-refractivity contribution is 5.79. The lowest BCUT2D eigenvalue weighted by Crippen LogP contribution is -2.27. The van der Waals surface area contributed by atoms with Gasteiger partial charge in [-0.1, -0.05) is 97.1 Å². The molecule has 0 saturated carbocycles. The first-order valence-corrected chi connectivity index (χ1v) is 9.41. The van der Waals surface area contributed by atoms with E-state index in [-0.39, 0.29) is 0 Å². The molecule has 0 saturated heterocycles. The van der Waals surface area contributed by atoms with Crippen molar-refractivity contribution in [2.45, 2.75) is 0 Å². The summed E-state index contributed by atoms with van der Waals surface area (Å²) in [7, 11) is 1.69. The molecule has 0 aromatic heterocycles. The monoisotopic (exact) mass is 362 g/mol. The highest BCUT2D eigenvalue weighted by atomic mass is 16.5. The van der Waals surface area contributed by atoms with Crippen LogP contribution in [0.2, 0.25) is 0 Å². The van der Waals surface area contributed by atoms with Gasteiger partial charge >= 0.3 is 0 Å². The van der Waals surface area contributed by atoms with E-state index in [1.807, 2.05) is 12.1 Å². The van der Waals surface area contributed by atoms with Crippen molar-refractivity contribution in [2.75, 3.05) is 7.11 Å². The van der Waals surface area contributed by atoms with E-state index in [2.05, 4.69) is 103 Å². The molecule has 0 N–H and O–H groups in total. The second-order valence-electron chi connectivity index (χ2n) is 6.61. The Labute approximate surface area is 165 Å². The lowest BCUT2D eigenvalue weighted by molar-refractivity contribution is 0.415. The van der Waals surface area contributed by atoms with Gasteiger partial charge < -0.3 is 4.74 Å². The molecule has 0 aliphatic heterocycles. The van der Waals surface area contributed by atoms with Gasteiger partial charge in [-0.3, -0.25) is 0 Å². The number of methoxy groups -OCH3 is 1. The van der Waals surface area contributed by atoms with E-state index in [9.17, 15) is 0 Å². The van der Waals surface area contributed by atoms with Crippen LogP contribution >= 0.6 is 0 Å². The molecule has 4 aromatic rings. The summed E-state index contributed by atoms with van der Waals surface area (Å²) in [6, 6.07) is 37.9. The molecule has 0 amide bonds. The zero-order valence-electron chi connectivity index (χ0n) is 15.9. The number of hydrogen-bond acceptors (Lipinski definition) is 1. The molecule has 0 fully saturated rings. The van der Waals surface area contributed by atoms with Crippen molar-refractivity contribution in [3.63, 3.8) is 0 Å². The lowest BCUT2D eigenvalue weighted by atomic mass is 9.94. The van der Waals surface area contributed by atoms with E-state index in [4.69, 9.17) is 4.74 Å². The summed E-state index contributed by atoms with van der Waals surface area (Å²) in [5.41, 5.74) is 4.81. The van der Waals surface area contributed by atoms with Gasteiger partial charge in [0.15, 0.2) is 0 Å². The van der Waals surface area contributed by atoms with Gasteiger partial charge in [0, 0.05) is 0 Å². The molecule has 0 bridgehead atoms. The summed E-state index contributed by atoms with van der Waals surface area (Å²) < 4.78 is 5.28. The predicted octanol–water partition coefficient (Wildman–Crippen LogP) is 4.77. The van der Waals surface area contributed by atoms with E-state index < -0.39 is 0 Å². The molecular formula is C27H22O. The fraction of sp³-hybridized carbons (Fsp3) is 0.0370. The fourth-order valence-electron chi connectivity index (χ4n) is 3.42. The Hall–Kier alpha value is -3.58. The van der Waals surface area contributed by atoms with Gasteiger partial charge in [0.05, 0.1) is 7.11 Å². The molecule has 1 nitrogen and oxygen atoms in total. The summed E-state index contributed by atoms with van der Waals surface area (Å²) in [4.78, 5) is 0. The minimum Gasteiger partial charge on any atom is -0.497 e. The Morgan fingerprint density at radius 3 is 1.71 bits per heavy atom. The molecule has 1 heteroatoms. The first kappa shape index (κ1) is 17.8. The Morgan fingerprint density at radius 1 is 0.607 bits per heavy atom. The van der Waals surface area contributed by atoms with Crippen LogP contribution in [0.25, 0.3) is 11.6 Å². The number of rotatable bonds is 4. The van der Waals surface area contributed by atoms with Crippen molar-refractivity contribution in [1.29, 1.82) is 0 Å². The normalized spacial score (nSPS) is 11.2. The summed E-state index contributed by atoms with van der Waals surface area (Å²) in [6.07, 6.45) is 2.22. The molecule has 0 atom stereocenters. The van der Waals surface area contributed by atoms with Crippen molar-refractivity contribution < 1.29 is 4.74 Å². The molecule has 0 radical (unpaired) electrons. The van der Waals surface area contributed by atoms with E-state index in [0.717, 1.165) is 11.3 Å². The van der Waals surface area contributed by atoms with Gasteiger partial charge in [0.2, 0.25) is 0 Å². The highest BCUT2D eigenvalue weighted by Gasteiger charge is 2.06. The van der Waals surface area contributed by atoms with Crippen LogP contribution in [0.4, 0.5) is 0 Å². The molecule has 0 aliphatic rings. The van der Waals surface area contributed by atoms with Gasteiger partial charge in [-0.05, 0) is 50.9 Å². The second kappa shape index (κ2) is 8.41. The van der Waals surface area contributed by atoms with Crippen molar-refractivity contribution in [2.24, 2.45) is 0 Å². The van der Waals surface area contributed by atoms with Crippen LogP contribution in [0.3, 0.4) is 0 Å². The number of ether oxygens (including phenoxy) is 1. The van der Waals surface area contributed by atoms with Crippen molar-refractivity contribution >= 4 is 11.6 Å². The van der Waals surface area contributed by atoms with Crippen molar-refractivity contribution in [3.8, 4) is 5.75 Å². The third kappa shape index (κ3) is 3.89. The Kier molecular flexibility index (Phi) is 5.35. The van der Waals surface area contributed by atoms with Crippen LogP contribution in [-0.2, 0) is 0 Å². The minimum atomic E-state index is 0.867. The van der Waals surface area contributed by atoms with E-state index in [1.54, 1.807) is 7.11 Å². The van der Waals surface area contributed by atoms with Gasteiger partial charge in [0.1, 0.15) is 5.75 Å². The maximum absolute atomic E-state index is 5.28. The standard InChI is InChI=1S/C27H22O/c1-28-25-18-16-21(17-19-25)20-24-14-8-9-15-26(24)27(22-10-4-2-5-11-22)23-12-6-3-7-13-23/h2-20H,1H3. The van der Waals surface area contributed by atoms with Crippen LogP contribution in [0, 0.1) is 0 Å². The van der Waals surface area contributed by atoms with Crippen LogP contribution in [0.1, 0.15) is 16.7 Å². The third-order valence-electron chi connectivity index (χ3n) is 4.79. The summed E-state index contributed by atoms with van der Waals surface area (Å²) in [5.74, 6) is 0.867. The first-order chi connectivity index (χ1) is 13.8. The number of benzene rings is 4. The molecule has 28 heavy (non-hydrogen) atoms. The molecule has 4 aromatic carbocycles. The van der Waals surface area contributed by atoms with E-state index in [0.29, 0.717) is 0 Å². The summed E-state index contributed by atoms with van der Waals surface area (Å²) >= 11 is 0. The van der Waals surface area contributed by atoms with Gasteiger partial charge in [-0.2, -0.15) is 0 Å². The molecule has 136 valence electrons. The molecule has 0 unspecified atom stereocenters. The molecule has 0 aliphatic carbocycles. The zero-order chi connectivity index (χ0) is 19.2. The zero-order valence-corrected chi connectivity index (χ0v) is 15.9. The average Bonchev–Trinajstić information content (AvgIpc) is 2.77. The third-order valence-corrected chi connectivity index (χ3v) is 4.79. The van der Waals surface area contributed by atoms with Crippen LogP contribution in [0.15, 0.2) is 109 Å². The largest absolute Gasteiger partial charge is 0.497 e. The lowest BCUT2D eigenvalue weighted by Gasteiger charge is -2.09. The van der Waals surface area contributed by atoms with Gasteiger partial charge in [0.25, 0.3) is 0 Å². The van der Waals surface area contributed by atoms with Gasteiger partial charge in [-0.15, -0.1) is 0 Å². The number of hydrogen-bond donors (Lipinski definition) is 0. The van der Waals surface area contributed by atoms with Gasteiger partial charge in [-0.25, -0.2) is 0 Å². The van der Waals surface area contributed by atoms with Crippen LogP contribution in [-0.4, -0.2) is 7.11 Å². The quantitative estimate of drug-likeness (QED) is 0.508. The van der Waals surface area contributed by atoms with Crippen LogP contribution in [0.5, 0.6) is 5.75 Å². The summed E-state index contributed by atoms with van der Waals surface area (Å²) in [5, 5.41) is 2.41. The maximum atomic E-state index is 5.28. The molecule has 4 rings (SSSR count). The SMILES string of the molecule is COc1ccc(C=c2ccccc2=C(c2ccccc2)c2ccccc2)cc1. The van der Waals surface area contributed by atoms with Crippen LogP contribution < -0.4 is 15.2 Å². The highest BCUT2D eigenvalue weighted by Crippen LogP contribution is 2.20. The topological polar surface area (TPSA) is 9.23 Å². The van der Waals surface area contributed by atoms with E-state index in [1.165, 1.54) is 27.1 Å². The minimum absolute atomic E-state index is 0.867. The molecule has 0 heterocycles. The molecule has 0 spiro atoms. The Morgan fingerprint density at radius 2 is 1.14 bits per heavy atom. The van der Waals surface area contributed by atoms with Crippen molar-refractivity contribution in [1.82, 2.24) is 0 Å².